The van der Waals surface area contributed by atoms with E-state index >= 15 is 0 Å². The monoisotopic (exact) mass is 446 g/mol. The Bertz CT molecular complexity index is 1070. The number of nitrogens with one attached hydrogen (secondary N) is 1. The van der Waals surface area contributed by atoms with Gasteiger partial charge in [-0.25, -0.2) is 0 Å². The summed E-state index contributed by atoms with van der Waals surface area (Å²) in [5.74, 6) is 0.380. The molecular formula is C26H26N2O3S. The minimum absolute atomic E-state index is 0.0439. The van der Waals surface area contributed by atoms with E-state index in [1.807, 2.05) is 78.9 Å². The molecule has 5 nitrogen and oxygen atoms in total. The van der Waals surface area contributed by atoms with Gasteiger partial charge in [-0.3, -0.25) is 9.59 Å². The second-order valence-electron chi connectivity index (χ2n) is 7.58. The van der Waals surface area contributed by atoms with Gasteiger partial charge in [-0.2, -0.15) is 0 Å². The van der Waals surface area contributed by atoms with Crippen LogP contribution < -0.4 is 10.2 Å². The average molecular weight is 447 g/mol. The number of ether oxygens (including phenoxy) is 1. The number of carbonyl (C=O) groups is 2. The summed E-state index contributed by atoms with van der Waals surface area (Å²) in [6, 6.07) is 25.8. The lowest BCUT2D eigenvalue weighted by atomic mass is 10.1. The molecule has 4 rings (SSSR count). The van der Waals surface area contributed by atoms with Gasteiger partial charge < -0.3 is 15.0 Å². The number of thioether (sulfide) groups is 1. The van der Waals surface area contributed by atoms with Crippen LogP contribution in [0.2, 0.25) is 0 Å². The van der Waals surface area contributed by atoms with Gasteiger partial charge in [-0.05, 0) is 28.8 Å². The van der Waals surface area contributed by atoms with Crippen LogP contribution in [0, 0.1) is 0 Å². The van der Waals surface area contributed by atoms with Gasteiger partial charge in [0, 0.05) is 24.4 Å². The first-order chi connectivity index (χ1) is 15.7. The molecule has 0 fully saturated rings. The smallest absolute Gasteiger partial charge is 0.237 e. The first kappa shape index (κ1) is 22.1. The second-order valence-corrected chi connectivity index (χ2v) is 8.59. The zero-order valence-electron chi connectivity index (χ0n) is 17.8. The van der Waals surface area contributed by atoms with Crippen molar-refractivity contribution in [1.29, 1.82) is 0 Å². The van der Waals surface area contributed by atoms with Gasteiger partial charge in [-0.15, -0.1) is 11.8 Å². The van der Waals surface area contributed by atoms with Crippen LogP contribution >= 0.6 is 11.8 Å². The number of carbonyl (C=O) groups excluding carboxylic acids is 2. The first-order valence-electron chi connectivity index (χ1n) is 10.7. The van der Waals surface area contributed by atoms with Crippen molar-refractivity contribution in [1.82, 2.24) is 5.32 Å². The van der Waals surface area contributed by atoms with Gasteiger partial charge >= 0.3 is 0 Å². The summed E-state index contributed by atoms with van der Waals surface area (Å²) in [4.78, 5) is 27.7. The predicted octanol–water partition coefficient (Wildman–Crippen LogP) is 4.55. The van der Waals surface area contributed by atoms with Crippen molar-refractivity contribution >= 4 is 29.3 Å². The Morgan fingerprint density at radius 1 is 0.906 bits per heavy atom. The first-order valence-corrected chi connectivity index (χ1v) is 11.7. The number of hydrogen-bond donors (Lipinski definition) is 1. The number of anilines is 1. The molecule has 0 saturated carbocycles. The molecule has 0 saturated heterocycles. The highest BCUT2D eigenvalue weighted by atomic mass is 32.2. The van der Waals surface area contributed by atoms with Gasteiger partial charge in [0.1, 0.15) is 0 Å². The molecule has 2 amide bonds. The Kier molecular flexibility index (Phi) is 7.59. The average Bonchev–Trinajstić information content (AvgIpc) is 2.83. The van der Waals surface area contributed by atoms with Crippen molar-refractivity contribution in [2.45, 2.75) is 31.1 Å². The number of hydrogen-bond acceptors (Lipinski definition) is 4. The summed E-state index contributed by atoms with van der Waals surface area (Å²) in [5, 5.41) is 2.99. The summed E-state index contributed by atoms with van der Waals surface area (Å²) < 4.78 is 5.87. The molecule has 0 aromatic heterocycles. The molecule has 3 aromatic rings. The van der Waals surface area contributed by atoms with Crippen molar-refractivity contribution in [3.05, 3.63) is 95.6 Å². The maximum Gasteiger partial charge on any atom is 0.237 e. The molecule has 0 atom stereocenters. The number of nitrogens with zero attached hydrogens (tertiary/aromatic N) is 1. The Balaban J connectivity index is 1.28. The van der Waals surface area contributed by atoms with E-state index in [2.05, 4.69) is 5.32 Å². The molecule has 1 heterocycles. The van der Waals surface area contributed by atoms with Crippen molar-refractivity contribution in [3.8, 4) is 0 Å². The fourth-order valence-electron chi connectivity index (χ4n) is 3.62. The summed E-state index contributed by atoms with van der Waals surface area (Å²) >= 11 is 1.55. The minimum atomic E-state index is -0.0754. The highest BCUT2D eigenvalue weighted by Crippen LogP contribution is 2.34. The topological polar surface area (TPSA) is 58.6 Å². The Morgan fingerprint density at radius 2 is 1.62 bits per heavy atom. The lowest BCUT2D eigenvalue weighted by Gasteiger charge is -2.28. The Morgan fingerprint density at radius 3 is 2.47 bits per heavy atom. The van der Waals surface area contributed by atoms with E-state index in [0.717, 1.165) is 27.3 Å². The highest BCUT2D eigenvalue weighted by molar-refractivity contribution is 8.00. The lowest BCUT2D eigenvalue weighted by molar-refractivity contribution is -0.121. The van der Waals surface area contributed by atoms with E-state index in [1.54, 1.807) is 16.7 Å². The Hall–Kier alpha value is -3.09. The number of amides is 2. The standard InChI is InChI=1S/C26H26N2O3S/c29-25(14-15-28-23-12-6-7-13-24(23)32-19-26(28)30)27-16-21-10-4-5-11-22(21)18-31-17-20-8-2-1-3-9-20/h1-13H,14-19H2,(H,27,29). The van der Waals surface area contributed by atoms with Crippen LogP contribution in [-0.4, -0.2) is 24.1 Å². The quantitative estimate of drug-likeness (QED) is 0.524. The summed E-state index contributed by atoms with van der Waals surface area (Å²) in [6.07, 6.45) is 0.261. The molecule has 1 aliphatic heterocycles. The fraction of sp³-hybridized carbons (Fsp3) is 0.231. The normalized spacial score (nSPS) is 13.0. The van der Waals surface area contributed by atoms with E-state index < -0.39 is 0 Å². The van der Waals surface area contributed by atoms with Crippen molar-refractivity contribution in [3.63, 3.8) is 0 Å². The minimum Gasteiger partial charge on any atom is -0.372 e. The van der Waals surface area contributed by atoms with Crippen LogP contribution in [-0.2, 0) is 34.1 Å². The molecule has 164 valence electrons. The molecule has 1 aliphatic rings. The van der Waals surface area contributed by atoms with Gasteiger partial charge in [-0.1, -0.05) is 66.7 Å². The van der Waals surface area contributed by atoms with E-state index in [-0.39, 0.29) is 18.2 Å². The molecule has 32 heavy (non-hydrogen) atoms. The third kappa shape index (κ3) is 5.78. The lowest BCUT2D eigenvalue weighted by Crippen LogP contribution is -2.38. The highest BCUT2D eigenvalue weighted by Gasteiger charge is 2.24. The van der Waals surface area contributed by atoms with E-state index in [9.17, 15) is 9.59 Å². The largest absolute Gasteiger partial charge is 0.372 e. The summed E-state index contributed by atoms with van der Waals surface area (Å²) in [6.45, 7) is 1.84. The van der Waals surface area contributed by atoms with Crippen LogP contribution in [0.1, 0.15) is 23.1 Å². The third-order valence-electron chi connectivity index (χ3n) is 5.33. The second kappa shape index (κ2) is 11.0. The number of fused-ring (bicyclic) bond motifs is 1. The maximum atomic E-state index is 12.5. The molecule has 3 aromatic carbocycles. The summed E-state index contributed by atoms with van der Waals surface area (Å²) in [5.41, 5.74) is 4.11. The zero-order valence-corrected chi connectivity index (χ0v) is 18.6. The third-order valence-corrected chi connectivity index (χ3v) is 6.38. The molecule has 0 bridgehead atoms. The van der Waals surface area contributed by atoms with Crippen molar-refractivity contribution < 1.29 is 14.3 Å². The van der Waals surface area contributed by atoms with Gasteiger partial charge in [0.25, 0.3) is 0 Å². The van der Waals surface area contributed by atoms with Crippen molar-refractivity contribution in [2.24, 2.45) is 0 Å². The predicted molar refractivity (Wildman–Crippen MR) is 127 cm³/mol. The number of para-hydroxylation sites is 1. The van der Waals surface area contributed by atoms with Crippen LogP contribution in [0.5, 0.6) is 0 Å². The molecule has 0 unspecified atom stereocenters. The van der Waals surface area contributed by atoms with Crippen LogP contribution in [0.4, 0.5) is 5.69 Å². The van der Waals surface area contributed by atoms with E-state index in [0.29, 0.717) is 32.1 Å². The number of rotatable bonds is 9. The zero-order chi connectivity index (χ0) is 22.2. The SMILES string of the molecule is O=C(CCN1C(=O)CSc2ccccc21)NCc1ccccc1COCc1ccccc1. The molecule has 1 N–H and O–H groups in total. The van der Waals surface area contributed by atoms with Crippen LogP contribution in [0.15, 0.2) is 83.8 Å². The van der Waals surface area contributed by atoms with E-state index in [4.69, 9.17) is 4.74 Å². The van der Waals surface area contributed by atoms with Gasteiger partial charge in [0.15, 0.2) is 0 Å². The molecule has 0 aliphatic carbocycles. The molecule has 0 spiro atoms. The van der Waals surface area contributed by atoms with Crippen LogP contribution in [0.25, 0.3) is 0 Å². The fourth-order valence-corrected chi connectivity index (χ4v) is 4.55. The molecular weight excluding hydrogens is 420 g/mol. The maximum absolute atomic E-state index is 12.5. The number of benzene rings is 3. The van der Waals surface area contributed by atoms with E-state index in [1.165, 1.54) is 0 Å². The van der Waals surface area contributed by atoms with Gasteiger partial charge in [0.05, 0.1) is 24.7 Å². The van der Waals surface area contributed by atoms with Crippen molar-refractivity contribution in [2.75, 3.05) is 17.2 Å². The summed E-state index contributed by atoms with van der Waals surface area (Å²) in [7, 11) is 0. The Labute approximate surface area is 192 Å². The van der Waals surface area contributed by atoms with Gasteiger partial charge in [0.2, 0.25) is 11.8 Å². The molecule has 0 radical (unpaired) electrons. The molecule has 6 heteroatoms. The van der Waals surface area contributed by atoms with Crippen LogP contribution in [0.3, 0.4) is 0 Å².